The summed E-state index contributed by atoms with van der Waals surface area (Å²) >= 11 is 0. The third-order valence-electron chi connectivity index (χ3n) is 4.86. The first-order valence-electron chi connectivity index (χ1n) is 8.18. The van der Waals surface area contributed by atoms with Crippen molar-refractivity contribution < 1.29 is 4.79 Å². The SMILES string of the molecule is C[C@@H]1CCC[C@H](C)N1CC(=O)NCc1cncn1C1CC1. The first kappa shape index (κ1) is 14.6. The molecule has 5 heteroatoms. The van der Waals surface area contributed by atoms with E-state index in [2.05, 4.69) is 33.6 Å². The van der Waals surface area contributed by atoms with Gasteiger partial charge in [0.25, 0.3) is 0 Å². The summed E-state index contributed by atoms with van der Waals surface area (Å²) < 4.78 is 2.20. The molecule has 1 saturated carbocycles. The summed E-state index contributed by atoms with van der Waals surface area (Å²) in [6, 6.07) is 1.63. The summed E-state index contributed by atoms with van der Waals surface area (Å²) in [5, 5.41) is 3.06. The molecule has 5 nitrogen and oxygen atoms in total. The van der Waals surface area contributed by atoms with Crippen LogP contribution in [0.25, 0.3) is 0 Å². The maximum atomic E-state index is 12.2. The number of carbonyl (C=O) groups excluding carboxylic acids is 1. The van der Waals surface area contributed by atoms with E-state index in [1.165, 1.54) is 32.1 Å². The van der Waals surface area contributed by atoms with Crippen molar-refractivity contribution in [2.75, 3.05) is 6.54 Å². The normalized spacial score (nSPS) is 26.8. The van der Waals surface area contributed by atoms with Gasteiger partial charge >= 0.3 is 0 Å². The van der Waals surface area contributed by atoms with Crippen LogP contribution in [-0.2, 0) is 11.3 Å². The summed E-state index contributed by atoms with van der Waals surface area (Å²) in [6.45, 7) is 5.56. The summed E-state index contributed by atoms with van der Waals surface area (Å²) in [6.07, 6.45) is 9.90. The van der Waals surface area contributed by atoms with Crippen LogP contribution in [0.15, 0.2) is 12.5 Å². The second kappa shape index (κ2) is 6.18. The summed E-state index contributed by atoms with van der Waals surface area (Å²) in [7, 11) is 0. The zero-order chi connectivity index (χ0) is 14.8. The van der Waals surface area contributed by atoms with Crippen LogP contribution in [0.3, 0.4) is 0 Å². The van der Waals surface area contributed by atoms with Gasteiger partial charge in [-0.05, 0) is 39.5 Å². The number of piperidine rings is 1. The topological polar surface area (TPSA) is 50.2 Å². The molecule has 3 rings (SSSR count). The van der Waals surface area contributed by atoms with Gasteiger partial charge in [0, 0.05) is 24.3 Å². The van der Waals surface area contributed by atoms with Crippen LogP contribution < -0.4 is 5.32 Å². The Morgan fingerprint density at radius 1 is 1.29 bits per heavy atom. The second-order valence-corrected chi connectivity index (χ2v) is 6.60. The molecule has 0 aromatic carbocycles. The molecule has 1 saturated heterocycles. The Bertz CT molecular complexity index is 484. The Balaban J connectivity index is 1.50. The second-order valence-electron chi connectivity index (χ2n) is 6.60. The number of imidazole rings is 1. The van der Waals surface area contributed by atoms with Gasteiger partial charge in [0.15, 0.2) is 0 Å². The van der Waals surface area contributed by atoms with Crippen LogP contribution in [0.4, 0.5) is 0 Å². The highest BCUT2D eigenvalue weighted by Gasteiger charge is 2.27. The smallest absolute Gasteiger partial charge is 0.234 e. The first-order valence-corrected chi connectivity index (χ1v) is 8.18. The van der Waals surface area contributed by atoms with E-state index in [4.69, 9.17) is 0 Å². The fourth-order valence-electron chi connectivity index (χ4n) is 3.35. The van der Waals surface area contributed by atoms with E-state index in [0.717, 1.165) is 5.69 Å². The molecule has 2 aliphatic rings. The molecule has 0 bridgehead atoms. The van der Waals surface area contributed by atoms with Crippen molar-refractivity contribution in [2.24, 2.45) is 0 Å². The molecule has 1 aliphatic heterocycles. The number of hydrogen-bond acceptors (Lipinski definition) is 3. The minimum absolute atomic E-state index is 0.124. The van der Waals surface area contributed by atoms with Gasteiger partial charge in [-0.2, -0.15) is 0 Å². The van der Waals surface area contributed by atoms with Gasteiger partial charge in [0.2, 0.25) is 5.91 Å². The highest BCUT2D eigenvalue weighted by atomic mass is 16.2. The third kappa shape index (κ3) is 3.46. The van der Waals surface area contributed by atoms with Crippen molar-refractivity contribution in [3.63, 3.8) is 0 Å². The molecule has 21 heavy (non-hydrogen) atoms. The average Bonchev–Trinajstić information content (AvgIpc) is 3.19. The van der Waals surface area contributed by atoms with Crippen LogP contribution in [0.1, 0.15) is 57.7 Å². The number of hydrogen-bond donors (Lipinski definition) is 1. The maximum Gasteiger partial charge on any atom is 0.234 e. The van der Waals surface area contributed by atoms with Crippen LogP contribution >= 0.6 is 0 Å². The molecule has 0 radical (unpaired) electrons. The highest BCUT2D eigenvalue weighted by Crippen LogP contribution is 2.35. The lowest BCUT2D eigenvalue weighted by molar-refractivity contribution is -0.124. The molecule has 1 amide bonds. The number of likely N-dealkylation sites (tertiary alicyclic amines) is 1. The van der Waals surface area contributed by atoms with Gasteiger partial charge in [-0.3, -0.25) is 9.69 Å². The molecule has 1 N–H and O–H groups in total. The number of nitrogens with one attached hydrogen (secondary N) is 1. The number of aromatic nitrogens is 2. The van der Waals surface area contributed by atoms with Gasteiger partial charge in [0.05, 0.1) is 25.1 Å². The predicted octanol–water partition coefficient (Wildman–Crippen LogP) is 2.10. The standard InChI is InChI=1S/C16H26N4O/c1-12-4-3-5-13(2)19(12)10-16(21)18-9-15-8-17-11-20(15)14-6-7-14/h8,11-14H,3-7,9-10H2,1-2H3,(H,18,21)/t12-,13+. The minimum Gasteiger partial charge on any atom is -0.349 e. The van der Waals surface area contributed by atoms with Gasteiger partial charge in [-0.25, -0.2) is 4.98 Å². The third-order valence-corrected chi connectivity index (χ3v) is 4.86. The fourth-order valence-corrected chi connectivity index (χ4v) is 3.35. The van der Waals surface area contributed by atoms with Crippen molar-refractivity contribution in [3.8, 4) is 0 Å². The summed E-state index contributed by atoms with van der Waals surface area (Å²) in [4.78, 5) is 18.7. The molecule has 2 heterocycles. The molecular weight excluding hydrogens is 264 g/mol. The van der Waals surface area contributed by atoms with Crippen molar-refractivity contribution in [1.82, 2.24) is 19.8 Å². The fraction of sp³-hybridized carbons (Fsp3) is 0.750. The molecule has 116 valence electrons. The Kier molecular flexibility index (Phi) is 4.29. The van der Waals surface area contributed by atoms with Crippen LogP contribution in [0, 0.1) is 0 Å². The molecular formula is C16H26N4O. The molecule has 2 fully saturated rings. The number of nitrogens with zero attached hydrogens (tertiary/aromatic N) is 3. The van der Waals surface area contributed by atoms with E-state index in [1.807, 2.05) is 12.5 Å². The van der Waals surface area contributed by atoms with E-state index < -0.39 is 0 Å². The largest absolute Gasteiger partial charge is 0.349 e. The van der Waals surface area contributed by atoms with Crippen molar-refractivity contribution in [3.05, 3.63) is 18.2 Å². The molecule has 0 spiro atoms. The van der Waals surface area contributed by atoms with E-state index >= 15 is 0 Å². The van der Waals surface area contributed by atoms with E-state index in [0.29, 0.717) is 31.2 Å². The Morgan fingerprint density at radius 3 is 2.67 bits per heavy atom. The zero-order valence-corrected chi connectivity index (χ0v) is 13.1. The van der Waals surface area contributed by atoms with Gasteiger partial charge in [-0.15, -0.1) is 0 Å². The maximum absolute atomic E-state index is 12.2. The number of carbonyl (C=O) groups is 1. The minimum atomic E-state index is 0.124. The Labute approximate surface area is 126 Å². The van der Waals surface area contributed by atoms with E-state index in [9.17, 15) is 4.79 Å². The Morgan fingerprint density at radius 2 is 2.00 bits per heavy atom. The van der Waals surface area contributed by atoms with E-state index in [-0.39, 0.29) is 5.91 Å². The van der Waals surface area contributed by atoms with Gasteiger partial charge < -0.3 is 9.88 Å². The molecule has 2 atom stereocenters. The van der Waals surface area contributed by atoms with Crippen molar-refractivity contribution in [2.45, 2.75) is 70.6 Å². The van der Waals surface area contributed by atoms with Crippen LogP contribution in [0.2, 0.25) is 0 Å². The lowest BCUT2D eigenvalue weighted by atomic mass is 9.97. The summed E-state index contributed by atoms with van der Waals surface area (Å²) in [5.74, 6) is 0.124. The van der Waals surface area contributed by atoms with Gasteiger partial charge in [0.1, 0.15) is 0 Å². The van der Waals surface area contributed by atoms with E-state index in [1.54, 1.807) is 0 Å². The van der Waals surface area contributed by atoms with Crippen molar-refractivity contribution >= 4 is 5.91 Å². The quantitative estimate of drug-likeness (QED) is 0.903. The van der Waals surface area contributed by atoms with Gasteiger partial charge in [-0.1, -0.05) is 6.42 Å². The predicted molar refractivity (Wildman–Crippen MR) is 81.8 cm³/mol. The first-order chi connectivity index (χ1) is 10.1. The van der Waals surface area contributed by atoms with Crippen molar-refractivity contribution in [1.29, 1.82) is 0 Å². The molecule has 1 aromatic rings. The highest BCUT2D eigenvalue weighted by molar-refractivity contribution is 5.78. The molecule has 1 aromatic heterocycles. The summed E-state index contributed by atoms with van der Waals surface area (Å²) in [5.41, 5.74) is 1.12. The zero-order valence-electron chi connectivity index (χ0n) is 13.1. The monoisotopic (exact) mass is 290 g/mol. The molecule has 0 unspecified atom stereocenters. The molecule has 1 aliphatic carbocycles. The average molecular weight is 290 g/mol. The Hall–Kier alpha value is -1.36. The van der Waals surface area contributed by atoms with Crippen LogP contribution in [-0.4, -0.2) is 39.0 Å². The lowest BCUT2D eigenvalue weighted by Gasteiger charge is -2.38. The lowest BCUT2D eigenvalue weighted by Crippen LogP contribution is -2.48. The number of amides is 1. The number of rotatable bonds is 5. The van der Waals surface area contributed by atoms with Crippen LogP contribution in [0.5, 0.6) is 0 Å².